The Labute approximate surface area is 112 Å². The van der Waals surface area contributed by atoms with Crippen LogP contribution in [-0.4, -0.2) is 26.2 Å². The van der Waals surface area contributed by atoms with Crippen molar-refractivity contribution in [3.63, 3.8) is 0 Å². The molecule has 0 saturated carbocycles. The van der Waals surface area contributed by atoms with E-state index in [2.05, 4.69) is 10.3 Å². The molecule has 106 valence electrons. The number of carboxylic acid groups (broad SMARTS) is 1. The van der Waals surface area contributed by atoms with Gasteiger partial charge in [0.1, 0.15) is 5.54 Å². The van der Waals surface area contributed by atoms with E-state index in [-0.39, 0.29) is 11.4 Å². The summed E-state index contributed by atoms with van der Waals surface area (Å²) in [4.78, 5) is 27.5. The number of aliphatic carboxylic acids is 1. The van der Waals surface area contributed by atoms with Crippen LogP contribution in [0.5, 0.6) is 0 Å². The Bertz CT molecular complexity index is 492. The standard InChI is InChI=1S/C13H21N3O3/c1-4-8-16-9-7-14-10(11(16)17)15-13(5-2,6-3)12(18)19/h7,9H,4-6,8H2,1-3H3,(H,14,15)(H,18,19). The summed E-state index contributed by atoms with van der Waals surface area (Å²) >= 11 is 0. The van der Waals surface area contributed by atoms with E-state index in [1.807, 2.05) is 6.92 Å². The summed E-state index contributed by atoms with van der Waals surface area (Å²) in [5, 5.41) is 12.2. The minimum absolute atomic E-state index is 0.0991. The number of anilines is 1. The summed E-state index contributed by atoms with van der Waals surface area (Å²) in [7, 11) is 0. The first-order valence-electron chi connectivity index (χ1n) is 6.57. The molecule has 0 aromatic carbocycles. The Morgan fingerprint density at radius 2 is 2.05 bits per heavy atom. The van der Waals surface area contributed by atoms with Crippen LogP contribution in [0.25, 0.3) is 0 Å². The van der Waals surface area contributed by atoms with Crippen molar-refractivity contribution < 1.29 is 9.90 Å². The van der Waals surface area contributed by atoms with Gasteiger partial charge in [0.2, 0.25) is 0 Å². The molecule has 0 unspecified atom stereocenters. The zero-order chi connectivity index (χ0) is 14.5. The summed E-state index contributed by atoms with van der Waals surface area (Å²) in [6.07, 6.45) is 4.70. The summed E-state index contributed by atoms with van der Waals surface area (Å²) < 4.78 is 1.53. The fourth-order valence-electron chi connectivity index (χ4n) is 1.96. The lowest BCUT2D eigenvalue weighted by Gasteiger charge is -2.28. The first kappa shape index (κ1) is 15.2. The molecule has 0 fully saturated rings. The smallest absolute Gasteiger partial charge is 0.329 e. The van der Waals surface area contributed by atoms with E-state index in [9.17, 15) is 14.7 Å². The normalized spacial score (nSPS) is 11.3. The van der Waals surface area contributed by atoms with E-state index in [1.165, 1.54) is 10.8 Å². The number of nitrogens with zero attached hydrogens (tertiary/aromatic N) is 2. The molecule has 2 N–H and O–H groups in total. The van der Waals surface area contributed by atoms with Crippen LogP contribution < -0.4 is 10.9 Å². The van der Waals surface area contributed by atoms with Gasteiger partial charge in [-0.25, -0.2) is 9.78 Å². The Kier molecular flexibility index (Phi) is 5.09. The highest BCUT2D eigenvalue weighted by molar-refractivity contribution is 5.82. The molecule has 0 radical (unpaired) electrons. The van der Waals surface area contributed by atoms with Gasteiger partial charge in [-0.15, -0.1) is 0 Å². The zero-order valence-electron chi connectivity index (χ0n) is 11.6. The first-order valence-corrected chi connectivity index (χ1v) is 6.57. The topological polar surface area (TPSA) is 84.2 Å². The van der Waals surface area contributed by atoms with Gasteiger partial charge in [-0.3, -0.25) is 4.79 Å². The molecule has 0 aliphatic rings. The molecule has 0 amide bonds. The van der Waals surface area contributed by atoms with E-state index in [0.29, 0.717) is 19.4 Å². The molecule has 0 aliphatic carbocycles. The fourth-order valence-corrected chi connectivity index (χ4v) is 1.96. The second-order valence-electron chi connectivity index (χ2n) is 4.49. The van der Waals surface area contributed by atoms with Crippen LogP contribution in [0.2, 0.25) is 0 Å². The highest BCUT2D eigenvalue weighted by Gasteiger charge is 2.35. The molecular weight excluding hydrogens is 246 g/mol. The molecule has 19 heavy (non-hydrogen) atoms. The predicted molar refractivity (Wildman–Crippen MR) is 73.4 cm³/mol. The molecule has 0 saturated heterocycles. The third-order valence-electron chi connectivity index (χ3n) is 3.35. The number of carbonyl (C=O) groups is 1. The lowest BCUT2D eigenvalue weighted by atomic mass is 9.93. The van der Waals surface area contributed by atoms with Crippen molar-refractivity contribution in [3.8, 4) is 0 Å². The molecule has 1 heterocycles. The van der Waals surface area contributed by atoms with E-state index >= 15 is 0 Å². The molecule has 0 spiro atoms. The van der Waals surface area contributed by atoms with Crippen LogP contribution in [-0.2, 0) is 11.3 Å². The number of nitrogens with one attached hydrogen (secondary N) is 1. The van der Waals surface area contributed by atoms with Crippen molar-refractivity contribution in [3.05, 3.63) is 22.7 Å². The van der Waals surface area contributed by atoms with E-state index < -0.39 is 11.5 Å². The number of aromatic nitrogens is 2. The largest absolute Gasteiger partial charge is 0.480 e. The SMILES string of the molecule is CCCn1ccnc(NC(CC)(CC)C(=O)O)c1=O. The summed E-state index contributed by atoms with van der Waals surface area (Å²) in [6.45, 7) is 6.12. The molecule has 6 heteroatoms. The van der Waals surface area contributed by atoms with Gasteiger partial charge in [-0.2, -0.15) is 0 Å². The minimum atomic E-state index is -1.14. The predicted octanol–water partition coefficient (Wildman–Crippen LogP) is 1.71. The molecule has 0 bridgehead atoms. The van der Waals surface area contributed by atoms with Crippen molar-refractivity contribution in [2.75, 3.05) is 5.32 Å². The maximum absolute atomic E-state index is 12.1. The highest BCUT2D eigenvalue weighted by Crippen LogP contribution is 2.19. The van der Waals surface area contributed by atoms with Gasteiger partial charge < -0.3 is 15.0 Å². The number of rotatable bonds is 7. The Balaban J connectivity index is 3.14. The van der Waals surface area contributed by atoms with Crippen molar-refractivity contribution >= 4 is 11.8 Å². The van der Waals surface area contributed by atoms with E-state index in [1.54, 1.807) is 20.0 Å². The van der Waals surface area contributed by atoms with E-state index in [4.69, 9.17) is 0 Å². The summed E-state index contributed by atoms with van der Waals surface area (Å²) in [6, 6.07) is 0. The van der Waals surface area contributed by atoms with Crippen LogP contribution >= 0.6 is 0 Å². The quantitative estimate of drug-likeness (QED) is 0.785. The van der Waals surface area contributed by atoms with Crippen molar-refractivity contribution in [2.24, 2.45) is 0 Å². The first-order chi connectivity index (χ1) is 9.00. The molecule has 6 nitrogen and oxygen atoms in total. The maximum Gasteiger partial charge on any atom is 0.329 e. The Morgan fingerprint density at radius 3 is 2.53 bits per heavy atom. The van der Waals surface area contributed by atoms with Gasteiger partial charge in [0, 0.05) is 18.9 Å². The zero-order valence-corrected chi connectivity index (χ0v) is 11.6. The van der Waals surface area contributed by atoms with Gasteiger partial charge in [-0.05, 0) is 19.3 Å². The lowest BCUT2D eigenvalue weighted by molar-refractivity contribution is -0.142. The molecule has 1 aromatic rings. The number of carboxylic acids is 1. The van der Waals surface area contributed by atoms with Gasteiger partial charge in [0.25, 0.3) is 5.56 Å². The molecule has 1 rings (SSSR count). The van der Waals surface area contributed by atoms with Crippen LogP contribution in [0.4, 0.5) is 5.82 Å². The third-order valence-corrected chi connectivity index (χ3v) is 3.35. The van der Waals surface area contributed by atoms with Crippen LogP contribution in [0, 0.1) is 0 Å². The summed E-state index contributed by atoms with van der Waals surface area (Å²) in [5.41, 5.74) is -1.42. The fraction of sp³-hybridized carbons (Fsp3) is 0.615. The third kappa shape index (κ3) is 3.13. The number of hydrogen-bond donors (Lipinski definition) is 2. The van der Waals surface area contributed by atoms with Gasteiger partial charge in [0.15, 0.2) is 5.82 Å². The molecule has 1 aromatic heterocycles. The highest BCUT2D eigenvalue weighted by atomic mass is 16.4. The average molecular weight is 267 g/mol. The number of aryl methyl sites for hydroxylation is 1. The molecule has 0 aliphatic heterocycles. The molecule has 0 atom stereocenters. The minimum Gasteiger partial charge on any atom is -0.480 e. The van der Waals surface area contributed by atoms with Gasteiger partial charge in [-0.1, -0.05) is 20.8 Å². The second kappa shape index (κ2) is 6.36. The molecular formula is C13H21N3O3. The average Bonchev–Trinajstić information content (AvgIpc) is 2.40. The van der Waals surface area contributed by atoms with Crippen molar-refractivity contribution in [1.29, 1.82) is 0 Å². The van der Waals surface area contributed by atoms with Gasteiger partial charge >= 0.3 is 5.97 Å². The number of hydrogen-bond acceptors (Lipinski definition) is 4. The van der Waals surface area contributed by atoms with Crippen LogP contribution in [0.1, 0.15) is 40.0 Å². The Hall–Kier alpha value is -1.85. The Morgan fingerprint density at radius 1 is 1.42 bits per heavy atom. The second-order valence-corrected chi connectivity index (χ2v) is 4.49. The van der Waals surface area contributed by atoms with Crippen LogP contribution in [0.3, 0.4) is 0 Å². The summed E-state index contributed by atoms with van der Waals surface area (Å²) in [5.74, 6) is -0.869. The van der Waals surface area contributed by atoms with Crippen LogP contribution in [0.15, 0.2) is 17.2 Å². The lowest BCUT2D eigenvalue weighted by Crippen LogP contribution is -2.47. The monoisotopic (exact) mass is 267 g/mol. The van der Waals surface area contributed by atoms with Gasteiger partial charge in [0.05, 0.1) is 0 Å². The van der Waals surface area contributed by atoms with Crippen molar-refractivity contribution in [1.82, 2.24) is 9.55 Å². The van der Waals surface area contributed by atoms with Crippen molar-refractivity contribution in [2.45, 2.75) is 52.1 Å². The maximum atomic E-state index is 12.1. The van der Waals surface area contributed by atoms with E-state index in [0.717, 1.165) is 6.42 Å².